The summed E-state index contributed by atoms with van der Waals surface area (Å²) in [5, 5.41) is 22.0. The number of rotatable bonds is 6. The number of benzene rings is 1. The number of hydrogen-bond acceptors (Lipinski definition) is 6. The van der Waals surface area contributed by atoms with Crippen LogP contribution in [0.2, 0.25) is 0 Å². The summed E-state index contributed by atoms with van der Waals surface area (Å²) in [6, 6.07) is 12.7. The van der Waals surface area contributed by atoms with Gasteiger partial charge in [-0.05, 0) is 37.3 Å². The van der Waals surface area contributed by atoms with Crippen molar-refractivity contribution in [2.45, 2.75) is 13.5 Å². The number of non-ortho nitro benzene ring substituents is 1. The van der Waals surface area contributed by atoms with Gasteiger partial charge in [0.2, 0.25) is 0 Å². The number of hydrogen-bond donors (Lipinski definition) is 1. The zero-order valence-corrected chi connectivity index (χ0v) is 15.3. The Morgan fingerprint density at radius 1 is 1.24 bits per heavy atom. The number of aryl methyl sites for hydroxylation is 1. The highest BCUT2D eigenvalue weighted by Gasteiger charge is 2.16. The molecular weight excluding hydrogens is 376 g/mol. The third kappa shape index (κ3) is 3.90. The maximum atomic E-state index is 12.6. The smallest absolute Gasteiger partial charge is 0.292 e. The predicted molar refractivity (Wildman–Crippen MR) is 103 cm³/mol. The Bertz CT molecular complexity index is 1160. The van der Waals surface area contributed by atoms with Crippen LogP contribution in [0, 0.1) is 17.0 Å². The fourth-order valence-electron chi connectivity index (χ4n) is 2.82. The van der Waals surface area contributed by atoms with E-state index in [-0.39, 0.29) is 11.4 Å². The standard InChI is InChI=1S/C19H16N6O4/c1-13-11-18(24(22-13)14-3-5-15(6-4-14)25(27)28)21-19(26)17-8-7-16(29-17)12-23-10-2-9-20-23/h2-11H,12H2,1H3,(H,21,26). The minimum Gasteiger partial charge on any atom is -0.454 e. The minimum atomic E-state index is -0.474. The zero-order chi connectivity index (χ0) is 20.4. The summed E-state index contributed by atoms with van der Waals surface area (Å²) in [5.74, 6) is 0.742. The highest BCUT2D eigenvalue weighted by molar-refractivity contribution is 6.02. The number of nitro benzene ring substituents is 1. The van der Waals surface area contributed by atoms with Crippen molar-refractivity contribution in [1.29, 1.82) is 0 Å². The average Bonchev–Trinajstić information content (AvgIpc) is 3.44. The summed E-state index contributed by atoms with van der Waals surface area (Å²) in [7, 11) is 0. The van der Waals surface area contributed by atoms with Gasteiger partial charge in [0.15, 0.2) is 5.76 Å². The second kappa shape index (κ2) is 7.43. The Kier molecular flexibility index (Phi) is 4.65. The third-order valence-electron chi connectivity index (χ3n) is 4.14. The van der Waals surface area contributed by atoms with Gasteiger partial charge in [0, 0.05) is 30.6 Å². The van der Waals surface area contributed by atoms with Crippen LogP contribution >= 0.6 is 0 Å². The van der Waals surface area contributed by atoms with E-state index in [2.05, 4.69) is 15.5 Å². The molecule has 10 nitrogen and oxygen atoms in total. The maximum Gasteiger partial charge on any atom is 0.292 e. The topological polar surface area (TPSA) is 121 Å². The number of furan rings is 1. The molecule has 0 saturated heterocycles. The molecule has 146 valence electrons. The van der Waals surface area contributed by atoms with Crippen LogP contribution in [0.3, 0.4) is 0 Å². The number of anilines is 1. The molecule has 0 aliphatic heterocycles. The number of nitrogens with zero attached hydrogens (tertiary/aromatic N) is 5. The number of aromatic nitrogens is 4. The summed E-state index contributed by atoms with van der Waals surface area (Å²) in [5.41, 5.74) is 1.23. The number of carbonyl (C=O) groups is 1. The number of nitro groups is 1. The number of nitrogens with one attached hydrogen (secondary N) is 1. The summed E-state index contributed by atoms with van der Waals surface area (Å²) < 4.78 is 8.80. The van der Waals surface area contributed by atoms with Crippen LogP contribution in [-0.2, 0) is 6.54 Å². The molecule has 3 heterocycles. The van der Waals surface area contributed by atoms with Crippen molar-refractivity contribution in [2.24, 2.45) is 0 Å². The van der Waals surface area contributed by atoms with Gasteiger partial charge in [-0.3, -0.25) is 19.6 Å². The first-order chi connectivity index (χ1) is 14.0. The van der Waals surface area contributed by atoms with Crippen molar-refractivity contribution in [3.8, 4) is 5.69 Å². The lowest BCUT2D eigenvalue weighted by molar-refractivity contribution is -0.384. The first-order valence-electron chi connectivity index (χ1n) is 8.68. The highest BCUT2D eigenvalue weighted by Crippen LogP contribution is 2.21. The van der Waals surface area contributed by atoms with Gasteiger partial charge < -0.3 is 9.73 Å². The van der Waals surface area contributed by atoms with Gasteiger partial charge in [0.1, 0.15) is 11.6 Å². The Morgan fingerprint density at radius 2 is 2.03 bits per heavy atom. The van der Waals surface area contributed by atoms with E-state index in [9.17, 15) is 14.9 Å². The van der Waals surface area contributed by atoms with Gasteiger partial charge >= 0.3 is 0 Å². The van der Waals surface area contributed by atoms with Crippen molar-refractivity contribution in [3.05, 3.63) is 88.3 Å². The van der Waals surface area contributed by atoms with Gasteiger partial charge in [0.05, 0.1) is 22.8 Å². The first-order valence-corrected chi connectivity index (χ1v) is 8.68. The molecule has 0 atom stereocenters. The second-order valence-electron chi connectivity index (χ2n) is 6.28. The normalized spacial score (nSPS) is 10.8. The molecule has 1 aromatic carbocycles. The van der Waals surface area contributed by atoms with Gasteiger partial charge in [0.25, 0.3) is 11.6 Å². The largest absolute Gasteiger partial charge is 0.454 e. The van der Waals surface area contributed by atoms with Gasteiger partial charge in [-0.1, -0.05) is 0 Å². The van der Waals surface area contributed by atoms with Crippen LogP contribution in [0.15, 0.2) is 65.3 Å². The third-order valence-corrected chi connectivity index (χ3v) is 4.14. The van der Waals surface area contributed by atoms with E-state index in [4.69, 9.17) is 4.42 Å². The number of amides is 1. The molecule has 0 saturated carbocycles. The first kappa shape index (κ1) is 18.2. The Balaban J connectivity index is 1.53. The predicted octanol–water partition coefficient (Wildman–Crippen LogP) is 3.18. The maximum absolute atomic E-state index is 12.6. The molecule has 0 spiro atoms. The van der Waals surface area contributed by atoms with Crippen LogP contribution in [0.25, 0.3) is 5.69 Å². The lowest BCUT2D eigenvalue weighted by Crippen LogP contribution is -2.14. The van der Waals surface area contributed by atoms with E-state index in [1.807, 2.05) is 0 Å². The van der Waals surface area contributed by atoms with Crippen LogP contribution in [0.1, 0.15) is 22.0 Å². The van der Waals surface area contributed by atoms with Crippen molar-refractivity contribution < 1.29 is 14.1 Å². The van der Waals surface area contributed by atoms with E-state index in [1.54, 1.807) is 60.4 Å². The van der Waals surface area contributed by atoms with Crippen LogP contribution < -0.4 is 5.32 Å². The lowest BCUT2D eigenvalue weighted by Gasteiger charge is -2.08. The van der Waals surface area contributed by atoms with Gasteiger partial charge in [-0.2, -0.15) is 10.2 Å². The fourth-order valence-corrected chi connectivity index (χ4v) is 2.82. The van der Waals surface area contributed by atoms with Crippen molar-refractivity contribution in [3.63, 3.8) is 0 Å². The minimum absolute atomic E-state index is 0.0245. The summed E-state index contributed by atoms with van der Waals surface area (Å²) in [4.78, 5) is 23.0. The molecule has 0 fully saturated rings. The Morgan fingerprint density at radius 3 is 2.72 bits per heavy atom. The second-order valence-corrected chi connectivity index (χ2v) is 6.28. The van der Waals surface area contributed by atoms with Crippen LogP contribution in [0.4, 0.5) is 11.5 Å². The molecule has 4 aromatic rings. The van der Waals surface area contributed by atoms with E-state index in [1.165, 1.54) is 16.8 Å². The van der Waals surface area contributed by atoms with Crippen molar-refractivity contribution in [2.75, 3.05) is 5.32 Å². The molecule has 1 amide bonds. The molecule has 0 aliphatic rings. The molecule has 0 aliphatic carbocycles. The SMILES string of the molecule is Cc1cc(NC(=O)c2ccc(Cn3cccn3)o2)n(-c2ccc([N+](=O)[O-])cc2)n1. The molecule has 4 rings (SSSR count). The Hall–Kier alpha value is -4.21. The molecular formula is C19H16N6O4. The summed E-state index contributed by atoms with van der Waals surface area (Å²) >= 11 is 0. The Labute approximate surface area is 164 Å². The average molecular weight is 392 g/mol. The molecule has 0 radical (unpaired) electrons. The molecule has 29 heavy (non-hydrogen) atoms. The summed E-state index contributed by atoms with van der Waals surface area (Å²) in [6.07, 6.45) is 3.46. The van der Waals surface area contributed by atoms with Gasteiger partial charge in [-0.25, -0.2) is 4.68 Å². The van der Waals surface area contributed by atoms with Crippen molar-refractivity contribution in [1.82, 2.24) is 19.6 Å². The van der Waals surface area contributed by atoms with Gasteiger partial charge in [-0.15, -0.1) is 0 Å². The monoisotopic (exact) mass is 392 g/mol. The molecule has 10 heteroatoms. The molecule has 3 aromatic heterocycles. The zero-order valence-electron chi connectivity index (χ0n) is 15.3. The van der Waals surface area contributed by atoms with Crippen LogP contribution in [0.5, 0.6) is 0 Å². The van der Waals surface area contributed by atoms with E-state index >= 15 is 0 Å². The van der Waals surface area contributed by atoms with E-state index in [0.717, 1.165) is 0 Å². The van der Waals surface area contributed by atoms with E-state index < -0.39 is 10.8 Å². The van der Waals surface area contributed by atoms with Crippen molar-refractivity contribution >= 4 is 17.4 Å². The fraction of sp³-hybridized carbons (Fsp3) is 0.105. The molecule has 1 N–H and O–H groups in total. The van der Waals surface area contributed by atoms with Crippen LogP contribution in [-0.4, -0.2) is 30.4 Å². The summed E-state index contributed by atoms with van der Waals surface area (Å²) in [6.45, 7) is 2.20. The molecule has 0 unspecified atom stereocenters. The lowest BCUT2D eigenvalue weighted by atomic mass is 10.3. The number of carbonyl (C=O) groups excluding carboxylic acids is 1. The molecule has 0 bridgehead atoms. The van der Waals surface area contributed by atoms with E-state index in [0.29, 0.717) is 29.5 Å². The highest BCUT2D eigenvalue weighted by atomic mass is 16.6. The quantitative estimate of drug-likeness (QED) is 0.397.